The minimum atomic E-state index is -4.52. The number of likely N-dealkylation sites (tertiary alicyclic amines) is 1. The van der Waals surface area contributed by atoms with E-state index in [2.05, 4.69) is 25.6 Å². The first-order valence-electron chi connectivity index (χ1n) is 10.2. The Labute approximate surface area is 185 Å². The van der Waals surface area contributed by atoms with E-state index < -0.39 is 11.2 Å². The zero-order valence-corrected chi connectivity index (χ0v) is 17.9. The first-order chi connectivity index (χ1) is 15.3. The van der Waals surface area contributed by atoms with E-state index in [4.69, 9.17) is 0 Å². The lowest BCUT2D eigenvalue weighted by Crippen LogP contribution is -2.48. The maximum Gasteiger partial charge on any atom is 0.445 e. The van der Waals surface area contributed by atoms with Crippen molar-refractivity contribution in [2.75, 3.05) is 18.4 Å². The van der Waals surface area contributed by atoms with Gasteiger partial charge in [0.25, 0.3) is 5.91 Å². The van der Waals surface area contributed by atoms with Crippen LogP contribution in [-0.2, 0) is 6.18 Å². The molecule has 12 heteroatoms. The predicted molar refractivity (Wildman–Crippen MR) is 111 cm³/mol. The van der Waals surface area contributed by atoms with E-state index in [0.717, 1.165) is 12.8 Å². The molecule has 8 nitrogen and oxygen atoms in total. The Bertz CT molecular complexity index is 1130. The SMILES string of the molecule is Cc1ccc(-n2cccn2)c(C(=O)N2CC3CC3CC2CNc2nnc(C(F)(F)F)s2)n1. The van der Waals surface area contributed by atoms with Crippen LogP contribution in [0, 0.1) is 18.8 Å². The van der Waals surface area contributed by atoms with Crippen molar-refractivity contribution in [1.82, 2.24) is 29.9 Å². The number of hydrogen-bond acceptors (Lipinski definition) is 7. The van der Waals surface area contributed by atoms with Crippen molar-refractivity contribution in [2.24, 2.45) is 11.8 Å². The number of rotatable bonds is 5. The quantitative estimate of drug-likeness (QED) is 0.624. The van der Waals surface area contributed by atoms with E-state index in [-0.39, 0.29) is 17.1 Å². The van der Waals surface area contributed by atoms with Gasteiger partial charge in [0, 0.05) is 37.2 Å². The minimum absolute atomic E-state index is 0.0913. The maximum atomic E-state index is 13.6. The number of alkyl halides is 3. The fourth-order valence-corrected chi connectivity index (χ4v) is 4.81. The summed E-state index contributed by atoms with van der Waals surface area (Å²) >= 11 is 0.463. The van der Waals surface area contributed by atoms with Gasteiger partial charge in [-0.05, 0) is 49.8 Å². The molecule has 5 rings (SSSR count). The molecule has 3 aromatic rings. The van der Waals surface area contributed by atoms with Gasteiger partial charge in [-0.1, -0.05) is 11.3 Å². The molecule has 0 radical (unpaired) electrons. The van der Waals surface area contributed by atoms with Crippen LogP contribution in [0.1, 0.15) is 34.0 Å². The van der Waals surface area contributed by atoms with Gasteiger partial charge in [-0.3, -0.25) is 4.79 Å². The number of fused-ring (bicyclic) bond motifs is 1. The monoisotopic (exact) mass is 463 g/mol. The summed E-state index contributed by atoms with van der Waals surface area (Å²) in [4.78, 5) is 19.9. The molecule has 4 heterocycles. The molecule has 0 bridgehead atoms. The van der Waals surface area contributed by atoms with Crippen molar-refractivity contribution in [3.05, 3.63) is 47.0 Å². The highest BCUT2D eigenvalue weighted by Crippen LogP contribution is 2.47. The zero-order valence-electron chi connectivity index (χ0n) is 17.1. The summed E-state index contributed by atoms with van der Waals surface area (Å²) < 4.78 is 40.0. The average molecular weight is 463 g/mol. The Morgan fingerprint density at radius 3 is 2.81 bits per heavy atom. The Hall–Kier alpha value is -3.02. The van der Waals surface area contributed by atoms with Crippen LogP contribution >= 0.6 is 11.3 Å². The number of halogens is 3. The van der Waals surface area contributed by atoms with Crippen LogP contribution in [0.2, 0.25) is 0 Å². The smallest absolute Gasteiger partial charge is 0.358 e. The first kappa shape index (κ1) is 20.9. The molecule has 0 spiro atoms. The molecular formula is C20H20F3N7OS. The number of carbonyl (C=O) groups excluding carboxylic acids is 1. The van der Waals surface area contributed by atoms with E-state index in [1.807, 2.05) is 19.1 Å². The molecule has 3 unspecified atom stereocenters. The maximum absolute atomic E-state index is 13.6. The first-order valence-corrected chi connectivity index (χ1v) is 11.0. The lowest BCUT2D eigenvalue weighted by atomic mass is 10.0. The van der Waals surface area contributed by atoms with Gasteiger partial charge < -0.3 is 10.2 Å². The van der Waals surface area contributed by atoms with Crippen molar-refractivity contribution < 1.29 is 18.0 Å². The number of hydrogen-bond donors (Lipinski definition) is 1. The van der Waals surface area contributed by atoms with Gasteiger partial charge >= 0.3 is 6.18 Å². The molecule has 1 aliphatic heterocycles. The molecule has 168 valence electrons. The molecule has 1 N–H and O–H groups in total. The highest BCUT2D eigenvalue weighted by molar-refractivity contribution is 7.15. The fourth-order valence-electron chi connectivity index (χ4n) is 4.20. The van der Waals surface area contributed by atoms with Crippen molar-refractivity contribution in [2.45, 2.75) is 32.0 Å². The molecule has 1 saturated carbocycles. The number of piperidine rings is 1. The van der Waals surface area contributed by atoms with E-state index in [1.54, 1.807) is 28.0 Å². The number of pyridine rings is 1. The van der Waals surface area contributed by atoms with Gasteiger partial charge in [0.05, 0.1) is 5.69 Å². The summed E-state index contributed by atoms with van der Waals surface area (Å²) in [6, 6.07) is 5.23. The summed E-state index contributed by atoms with van der Waals surface area (Å²) in [6.07, 6.45) is 0.712. The third kappa shape index (κ3) is 4.06. The minimum Gasteiger partial charge on any atom is -0.358 e. The molecule has 1 saturated heterocycles. The number of anilines is 1. The summed E-state index contributed by atoms with van der Waals surface area (Å²) in [7, 11) is 0. The van der Waals surface area contributed by atoms with Gasteiger partial charge in [0.1, 0.15) is 0 Å². The molecule has 2 aliphatic rings. The second-order valence-electron chi connectivity index (χ2n) is 8.16. The molecule has 0 aromatic carbocycles. The summed E-state index contributed by atoms with van der Waals surface area (Å²) in [6.45, 7) is 2.72. The van der Waals surface area contributed by atoms with Gasteiger partial charge in [0.15, 0.2) is 5.69 Å². The molecule has 3 aromatic heterocycles. The zero-order chi connectivity index (χ0) is 22.5. The van der Waals surface area contributed by atoms with Crippen LogP contribution in [-0.4, -0.2) is 54.9 Å². The van der Waals surface area contributed by atoms with Gasteiger partial charge in [-0.2, -0.15) is 18.3 Å². The molecule has 32 heavy (non-hydrogen) atoms. The number of aromatic nitrogens is 5. The summed E-state index contributed by atoms with van der Waals surface area (Å²) in [5.41, 5.74) is 1.62. The number of nitrogens with one attached hydrogen (secondary N) is 1. The van der Waals surface area contributed by atoms with Crippen molar-refractivity contribution in [1.29, 1.82) is 0 Å². The van der Waals surface area contributed by atoms with E-state index in [0.29, 0.717) is 53.3 Å². The second-order valence-corrected chi connectivity index (χ2v) is 9.14. The molecule has 2 fully saturated rings. The Morgan fingerprint density at radius 2 is 2.09 bits per heavy atom. The summed E-state index contributed by atoms with van der Waals surface area (Å²) in [5.74, 6) is 0.804. The van der Waals surface area contributed by atoms with E-state index in [9.17, 15) is 18.0 Å². The largest absolute Gasteiger partial charge is 0.445 e. The third-order valence-corrected chi connectivity index (χ3v) is 6.83. The number of aryl methyl sites for hydroxylation is 1. The fraction of sp³-hybridized carbons (Fsp3) is 0.450. The van der Waals surface area contributed by atoms with Gasteiger partial charge in [0.2, 0.25) is 10.1 Å². The van der Waals surface area contributed by atoms with Crippen LogP contribution in [0.3, 0.4) is 0 Å². The topological polar surface area (TPSA) is 88.8 Å². The number of nitrogens with zero attached hydrogens (tertiary/aromatic N) is 6. The van der Waals surface area contributed by atoms with Crippen LogP contribution in [0.25, 0.3) is 5.69 Å². The number of amides is 1. The van der Waals surface area contributed by atoms with Crippen molar-refractivity contribution >= 4 is 22.4 Å². The van der Waals surface area contributed by atoms with Crippen LogP contribution in [0.5, 0.6) is 0 Å². The van der Waals surface area contributed by atoms with Gasteiger partial charge in [-0.15, -0.1) is 10.2 Å². The second kappa shape index (κ2) is 7.84. The standard InChI is InChI=1S/C20H20F3N7OS/c1-11-3-4-15(30-6-2-5-25-30)16(26-11)17(31)29-10-13-7-12(13)8-14(29)9-24-19-28-27-18(32-19)20(21,22)23/h2-6,12-14H,7-10H2,1H3,(H,24,28). The van der Waals surface area contributed by atoms with Crippen LogP contribution in [0.15, 0.2) is 30.6 Å². The van der Waals surface area contributed by atoms with Gasteiger partial charge in [-0.25, -0.2) is 9.67 Å². The lowest BCUT2D eigenvalue weighted by Gasteiger charge is -2.35. The molecule has 1 amide bonds. The van der Waals surface area contributed by atoms with Crippen LogP contribution in [0.4, 0.5) is 18.3 Å². The van der Waals surface area contributed by atoms with Crippen LogP contribution < -0.4 is 5.32 Å². The highest BCUT2D eigenvalue weighted by Gasteiger charge is 2.47. The Kier molecular flexibility index (Phi) is 5.11. The highest BCUT2D eigenvalue weighted by atomic mass is 32.1. The Balaban J connectivity index is 1.38. The predicted octanol–water partition coefficient (Wildman–Crippen LogP) is 3.41. The third-order valence-electron chi connectivity index (χ3n) is 5.90. The molecule has 1 aliphatic carbocycles. The molecule has 3 atom stereocenters. The number of carbonyl (C=O) groups is 1. The lowest BCUT2D eigenvalue weighted by molar-refractivity contribution is -0.138. The van der Waals surface area contributed by atoms with Crippen molar-refractivity contribution in [3.8, 4) is 5.69 Å². The summed E-state index contributed by atoms with van der Waals surface area (Å²) in [5, 5.41) is 13.1. The van der Waals surface area contributed by atoms with Crippen molar-refractivity contribution in [3.63, 3.8) is 0 Å². The Morgan fingerprint density at radius 1 is 1.25 bits per heavy atom. The average Bonchev–Trinajstić information content (AvgIpc) is 3.13. The van der Waals surface area contributed by atoms with E-state index in [1.165, 1.54) is 0 Å². The normalized spacial score (nSPS) is 22.5. The van der Waals surface area contributed by atoms with E-state index >= 15 is 0 Å². The molecular weight excluding hydrogens is 443 g/mol.